The summed E-state index contributed by atoms with van der Waals surface area (Å²) in [6.07, 6.45) is 28.9. The van der Waals surface area contributed by atoms with Crippen molar-refractivity contribution in [3.63, 3.8) is 0 Å². The van der Waals surface area contributed by atoms with Gasteiger partial charge in [-0.2, -0.15) is 0 Å². The second kappa shape index (κ2) is 23.8. The Morgan fingerprint density at radius 3 is 1.13 bits per heavy atom. The quantitative estimate of drug-likeness (QED) is 0.147. The molecular formula is C93H131FO13. The smallest absolute Gasteiger partial charge is 0.312 e. The van der Waals surface area contributed by atoms with Crippen LogP contribution in [0.3, 0.4) is 0 Å². The van der Waals surface area contributed by atoms with Gasteiger partial charge < -0.3 is 18.9 Å². The SMILES string of the molecule is COC(=O)[C@]12CCC(C)(C)C[C@H]1[C@H]1C(=O)C=C3[C@@]4(C)C=C(F)C(=O)C(C)(C)C4CC[C@@]3(C)[C@]1(C)CC2.COC(=O)[C@]12CCC(C)(C)C[C@H]1[C@H]1C(=O)C=C3[C@@]4(C)C=CC(=O)C(C)(C)C4CC[C@@]3(C)[C@]1(C)CC2.COC(=O)[C@]12CCC(C)(C)C[C@H]1[C@H]1C(=O)C=C3[C@]4(C)C(CC[C@@]3(C)[C@]1(C)CC2)C(C)(C)C(=O)[C@@H]1O[C@@H]14. The molecule has 13 nitrogen and oxygen atoms in total. The van der Waals surface area contributed by atoms with Crippen molar-refractivity contribution in [1.29, 1.82) is 0 Å². The van der Waals surface area contributed by atoms with E-state index in [4.69, 9.17) is 18.9 Å². The van der Waals surface area contributed by atoms with Gasteiger partial charge in [-0.25, -0.2) is 4.39 Å². The number of esters is 3. The van der Waals surface area contributed by atoms with Crippen molar-refractivity contribution in [2.24, 2.45) is 151 Å². The molecule has 0 spiro atoms. The molecule has 588 valence electrons. The molecule has 10 saturated carbocycles. The standard InChI is InChI=1S/C31H43FO4.C31H44O5.C31H44O4/c1-26(2)11-13-31(25(35)36-8)14-12-30(7)23(18(31)16-26)20(33)15-22-28(5)17-19(32)24(34)27(3,4)21(28)9-10-29(22,30)6;1-26(2)11-13-31(25(34)35-8)14-12-29(6)21(17(31)16-26)18(32)15-20-28(29,5)10-9-19-27(3,4)23(33)22-24(36-22)30(19,20)7;1-26(2)13-15-31(25(34)35-8)16-14-30(7)24(19(31)18-26)20(32)17-22-28(5)11-10-23(33)27(3,4)21(28)9-12-29(22,30)6/h15,17-18,21,23H,9-14,16H2,1-8H3;15,17,19,21-22,24H,9-14,16H2,1-8H3;10-11,17,19,21,24H,9,12-16,18H2,1-8H3/t18-,21?,23-,28-,29+,30+,31-;17-,19?,21-,22-,24-,28+,29+,30-,31-;19-,21?,24-,28-,29+,30+,31-/m000/s1. The Hall–Kier alpha value is -4.98. The number of allylic oxidation sites excluding steroid dienone is 9. The van der Waals surface area contributed by atoms with Crippen molar-refractivity contribution in [2.45, 2.75) is 292 Å². The van der Waals surface area contributed by atoms with Crippen molar-refractivity contribution in [3.8, 4) is 0 Å². The van der Waals surface area contributed by atoms with Crippen molar-refractivity contribution < 1.29 is 66.5 Å². The molecule has 0 aromatic heterocycles. The molecule has 107 heavy (non-hydrogen) atoms. The van der Waals surface area contributed by atoms with E-state index in [-0.39, 0.29) is 172 Å². The van der Waals surface area contributed by atoms with Gasteiger partial charge in [0, 0.05) is 50.2 Å². The van der Waals surface area contributed by atoms with Gasteiger partial charge in [-0.15, -0.1) is 0 Å². The normalized spacial score (nSPS) is 48.8. The minimum Gasteiger partial charge on any atom is -0.469 e. The van der Waals surface area contributed by atoms with Crippen LogP contribution in [0.2, 0.25) is 0 Å². The lowest BCUT2D eigenvalue weighted by Gasteiger charge is -2.69. The number of fused-ring (bicyclic) bond motifs is 23. The first-order valence-corrected chi connectivity index (χ1v) is 41.6. The molecule has 0 N–H and O–H groups in total. The van der Waals surface area contributed by atoms with Gasteiger partial charge in [-0.1, -0.05) is 168 Å². The monoisotopic (exact) mass is 1470 g/mol. The maximum absolute atomic E-state index is 15.1. The topological polar surface area (TPSA) is 194 Å². The van der Waals surface area contributed by atoms with Crippen LogP contribution < -0.4 is 0 Å². The second-order valence-electron chi connectivity index (χ2n) is 44.6. The van der Waals surface area contributed by atoms with Gasteiger partial charge in [0.05, 0.1) is 37.6 Å². The molecule has 0 radical (unpaired) electrons. The summed E-state index contributed by atoms with van der Waals surface area (Å²) in [5.74, 6) is -1.02. The Morgan fingerprint density at radius 1 is 0.411 bits per heavy atom. The Balaban J connectivity index is 0.000000135. The lowest BCUT2D eigenvalue weighted by atomic mass is 9.34. The van der Waals surface area contributed by atoms with Crippen molar-refractivity contribution in [1.82, 2.24) is 0 Å². The van der Waals surface area contributed by atoms with E-state index in [1.54, 1.807) is 6.08 Å². The van der Waals surface area contributed by atoms with E-state index in [0.717, 1.165) is 140 Å². The number of carbonyl (C=O) groups is 9. The molecule has 0 aromatic carbocycles. The van der Waals surface area contributed by atoms with Gasteiger partial charge in [0.15, 0.2) is 40.5 Å². The van der Waals surface area contributed by atoms with Crippen LogP contribution in [-0.2, 0) is 62.1 Å². The second-order valence-corrected chi connectivity index (χ2v) is 44.6. The van der Waals surface area contributed by atoms with Gasteiger partial charge in [-0.3, -0.25) is 43.2 Å². The number of epoxide rings is 1. The summed E-state index contributed by atoms with van der Waals surface area (Å²) in [6.45, 7) is 46.3. The van der Waals surface area contributed by atoms with Gasteiger partial charge in [0.2, 0.25) is 0 Å². The number of methoxy groups -OCH3 is 3. The van der Waals surface area contributed by atoms with Crippen LogP contribution >= 0.6 is 0 Å². The van der Waals surface area contributed by atoms with Crippen LogP contribution in [0.15, 0.2) is 59.0 Å². The molecule has 14 heteroatoms. The number of ketones is 6. The lowest BCUT2D eigenvalue weighted by molar-refractivity contribution is -0.193. The summed E-state index contributed by atoms with van der Waals surface area (Å²) in [7, 11) is 4.48. The van der Waals surface area contributed by atoms with Crippen molar-refractivity contribution >= 4 is 52.6 Å². The highest BCUT2D eigenvalue weighted by molar-refractivity contribution is 6.02. The molecule has 16 aliphatic rings. The first-order valence-electron chi connectivity index (χ1n) is 41.6. The maximum Gasteiger partial charge on any atom is 0.312 e. The zero-order chi connectivity index (χ0) is 78.8. The Kier molecular flexibility index (Phi) is 17.5. The fourth-order valence-electron chi connectivity index (χ4n) is 30.7. The minimum atomic E-state index is -0.823. The molecular weight excluding hydrogens is 1340 g/mol. The number of Topliss-reactive ketones (excluding diaryl/α,β-unsaturated/α-hetero) is 2. The summed E-state index contributed by atoms with van der Waals surface area (Å²) >= 11 is 0. The van der Waals surface area contributed by atoms with Crippen LogP contribution in [0.25, 0.3) is 0 Å². The molecule has 11 fully saturated rings. The summed E-state index contributed by atoms with van der Waals surface area (Å²) in [5.41, 5.74) is -2.54. The largest absolute Gasteiger partial charge is 0.469 e. The van der Waals surface area contributed by atoms with Crippen molar-refractivity contribution in [3.05, 3.63) is 59.0 Å². The molecule has 23 atom stereocenters. The third-order valence-corrected chi connectivity index (χ3v) is 37.6. The van der Waals surface area contributed by atoms with Crippen molar-refractivity contribution in [2.75, 3.05) is 21.3 Å². The average Bonchev–Trinajstić information content (AvgIpc) is 1.04. The summed E-state index contributed by atoms with van der Waals surface area (Å²) in [4.78, 5) is 122. The average molecular weight is 1480 g/mol. The number of ether oxygens (including phenoxy) is 4. The van der Waals surface area contributed by atoms with Gasteiger partial charge in [0.25, 0.3) is 0 Å². The fourth-order valence-corrected chi connectivity index (χ4v) is 30.7. The van der Waals surface area contributed by atoms with E-state index in [1.165, 1.54) is 38.6 Å². The Labute approximate surface area is 639 Å². The molecule has 0 amide bonds. The number of hydrogen-bond donors (Lipinski definition) is 0. The summed E-state index contributed by atoms with van der Waals surface area (Å²) in [6, 6.07) is 0. The molecule has 0 bridgehead atoms. The molecule has 0 aromatic rings. The van der Waals surface area contributed by atoms with E-state index in [1.807, 2.05) is 39.0 Å². The number of rotatable bonds is 3. The Morgan fingerprint density at radius 2 is 0.748 bits per heavy atom. The highest BCUT2D eigenvalue weighted by Crippen LogP contribution is 2.80. The molecule has 1 saturated heterocycles. The Bertz CT molecular complexity index is 4090. The predicted molar refractivity (Wildman–Crippen MR) is 409 cm³/mol. The van der Waals surface area contributed by atoms with E-state index >= 15 is 4.39 Å². The van der Waals surface area contributed by atoms with Crippen LogP contribution in [-0.4, -0.2) is 86.1 Å². The zero-order valence-corrected chi connectivity index (χ0v) is 69.8. The molecule has 3 unspecified atom stereocenters. The number of carbonyl (C=O) groups excluding carboxylic acids is 9. The third kappa shape index (κ3) is 10.0. The molecule has 16 rings (SSSR count). The van der Waals surface area contributed by atoms with Crippen LogP contribution in [0, 0.1) is 151 Å². The van der Waals surface area contributed by atoms with Gasteiger partial charge in [-0.05, 0) is 249 Å². The van der Waals surface area contributed by atoms with Gasteiger partial charge in [0.1, 0.15) is 12.2 Å². The van der Waals surface area contributed by atoms with Crippen LogP contribution in [0.5, 0.6) is 0 Å². The molecule has 15 aliphatic carbocycles. The van der Waals surface area contributed by atoms with E-state index in [9.17, 15) is 43.2 Å². The van der Waals surface area contributed by atoms with Gasteiger partial charge >= 0.3 is 17.9 Å². The van der Waals surface area contributed by atoms with E-state index in [0.29, 0.717) is 0 Å². The highest BCUT2D eigenvalue weighted by Gasteiger charge is 2.79. The zero-order valence-electron chi connectivity index (χ0n) is 69.8. The predicted octanol–water partition coefficient (Wildman–Crippen LogP) is 19.0. The maximum atomic E-state index is 15.1. The minimum absolute atomic E-state index is 0.00465. The molecule has 1 aliphatic heterocycles. The lowest BCUT2D eigenvalue weighted by Crippen LogP contribution is -2.67. The molecule has 1 heterocycles. The highest BCUT2D eigenvalue weighted by atomic mass is 19.1. The summed E-state index contributed by atoms with van der Waals surface area (Å²) < 4.78 is 37.5. The first kappa shape index (κ1) is 78.7. The summed E-state index contributed by atoms with van der Waals surface area (Å²) in [5, 5.41) is 0. The first-order chi connectivity index (χ1) is 49.2. The van der Waals surface area contributed by atoms with E-state index < -0.39 is 49.5 Å². The van der Waals surface area contributed by atoms with E-state index in [2.05, 4.69) is 131 Å². The van der Waals surface area contributed by atoms with Crippen LogP contribution in [0.1, 0.15) is 280 Å². The third-order valence-electron chi connectivity index (χ3n) is 37.6. The van der Waals surface area contributed by atoms with Crippen LogP contribution in [0.4, 0.5) is 4.39 Å². The number of hydrogen-bond acceptors (Lipinski definition) is 13. The number of halogens is 1. The fraction of sp³-hybridized carbons (Fsp3) is 0.796.